The number of rotatable bonds is 14. The fourth-order valence-electron chi connectivity index (χ4n) is 9.02. The first kappa shape index (κ1) is 34.8. The second-order valence-corrected chi connectivity index (χ2v) is 14.2. The fraction of sp³-hybridized carbons (Fsp3) is 0.794. The lowest BCUT2D eigenvalue weighted by molar-refractivity contribution is -0.313. The van der Waals surface area contributed by atoms with E-state index >= 15 is 0 Å². The molecule has 0 amide bonds. The molecule has 0 unspecified atom stereocenters. The lowest BCUT2D eigenvalue weighted by atomic mass is 9.58. The highest BCUT2D eigenvalue weighted by Gasteiger charge is 2.89. The van der Waals surface area contributed by atoms with E-state index in [9.17, 15) is 35.0 Å². The summed E-state index contributed by atoms with van der Waals surface area (Å²) in [4.78, 5) is 44.2. The van der Waals surface area contributed by atoms with Gasteiger partial charge in [-0.1, -0.05) is 85.1 Å². The molecule has 0 aliphatic heterocycles. The maximum Gasteiger partial charge on any atom is 0.306 e. The second kappa shape index (κ2) is 12.9. The van der Waals surface area contributed by atoms with E-state index in [4.69, 9.17) is 14.4 Å². The number of ketones is 1. The summed E-state index contributed by atoms with van der Waals surface area (Å²) in [5.74, 6) is -5.73. The molecule has 0 aromatic rings. The number of hydrogen-bond donors (Lipinski definition) is 4. The number of unbranched alkanes of at least 4 members (excludes halogenated alkanes) is 8. The SMILES string of the molecule is CCCCCCCCCCCC(=O)O[C@@H]1[C@@H](C)[C@@]2(O)[C@H]([C@@H]3C(C)(C)[C@]13OC(C)=O)[C@@H](OO)C(CO)=C[C@]1(O)C(=O)C(C)=C[C@@H]21. The van der Waals surface area contributed by atoms with Crippen LogP contribution in [0.25, 0.3) is 0 Å². The summed E-state index contributed by atoms with van der Waals surface area (Å²) in [5, 5.41) is 45.2. The predicted molar refractivity (Wildman–Crippen MR) is 161 cm³/mol. The summed E-state index contributed by atoms with van der Waals surface area (Å²) >= 11 is 0. The predicted octanol–water partition coefficient (Wildman–Crippen LogP) is 4.44. The van der Waals surface area contributed by atoms with Crippen molar-refractivity contribution in [1.82, 2.24) is 0 Å². The van der Waals surface area contributed by atoms with Crippen LogP contribution < -0.4 is 0 Å². The van der Waals surface area contributed by atoms with Crippen LogP contribution in [0.4, 0.5) is 0 Å². The Morgan fingerprint density at radius 2 is 1.59 bits per heavy atom. The Labute approximate surface area is 260 Å². The first-order chi connectivity index (χ1) is 20.7. The third-order valence-electron chi connectivity index (χ3n) is 11.2. The first-order valence-electron chi connectivity index (χ1n) is 16.4. The van der Waals surface area contributed by atoms with Crippen LogP contribution in [0, 0.1) is 29.1 Å². The van der Waals surface area contributed by atoms with Gasteiger partial charge in [0.25, 0.3) is 0 Å². The molecule has 0 bridgehead atoms. The molecule has 248 valence electrons. The highest BCUT2D eigenvalue weighted by atomic mass is 17.1. The Bertz CT molecular complexity index is 1170. The number of Topliss-reactive ketones (excluding diaryl/α,β-unsaturated/α-hetero) is 1. The van der Waals surface area contributed by atoms with Gasteiger partial charge < -0.3 is 24.8 Å². The first-order valence-corrected chi connectivity index (χ1v) is 16.4. The minimum atomic E-state index is -2.23. The second-order valence-electron chi connectivity index (χ2n) is 14.2. The number of carbonyl (C=O) groups is 3. The van der Waals surface area contributed by atoms with Crippen molar-refractivity contribution in [2.24, 2.45) is 29.1 Å². The summed E-state index contributed by atoms with van der Waals surface area (Å²) < 4.78 is 12.2. The van der Waals surface area contributed by atoms with Gasteiger partial charge in [-0.15, -0.1) is 0 Å². The number of ether oxygens (including phenoxy) is 2. The van der Waals surface area contributed by atoms with E-state index in [0.717, 1.165) is 19.3 Å². The van der Waals surface area contributed by atoms with Crippen molar-refractivity contribution in [2.45, 2.75) is 135 Å². The minimum absolute atomic E-state index is 0.0183. The number of hydrogen-bond acceptors (Lipinski definition) is 10. The number of carbonyl (C=O) groups excluding carboxylic acids is 3. The smallest absolute Gasteiger partial charge is 0.306 e. The topological polar surface area (TPSA) is 160 Å². The van der Waals surface area contributed by atoms with Gasteiger partial charge in [0.15, 0.2) is 17.0 Å². The molecule has 10 nitrogen and oxygen atoms in total. The van der Waals surface area contributed by atoms with Gasteiger partial charge in [0.1, 0.15) is 12.2 Å². The van der Waals surface area contributed by atoms with Crippen LogP contribution in [-0.4, -0.2) is 73.9 Å². The van der Waals surface area contributed by atoms with E-state index in [2.05, 4.69) is 6.92 Å². The van der Waals surface area contributed by atoms with Crippen molar-refractivity contribution >= 4 is 17.7 Å². The Balaban J connectivity index is 1.65. The lowest BCUT2D eigenvalue weighted by Gasteiger charge is -2.54. The van der Waals surface area contributed by atoms with Crippen molar-refractivity contribution in [1.29, 1.82) is 0 Å². The quantitative estimate of drug-likeness (QED) is 0.0719. The molecule has 44 heavy (non-hydrogen) atoms. The van der Waals surface area contributed by atoms with Gasteiger partial charge in [0.2, 0.25) is 0 Å². The van der Waals surface area contributed by atoms with Crippen molar-refractivity contribution in [3.8, 4) is 0 Å². The molecule has 0 aromatic heterocycles. The van der Waals surface area contributed by atoms with E-state index in [0.29, 0.717) is 6.42 Å². The van der Waals surface area contributed by atoms with E-state index in [1.165, 1.54) is 51.2 Å². The molecule has 0 heterocycles. The van der Waals surface area contributed by atoms with Gasteiger partial charge in [-0.05, 0) is 30.6 Å². The molecule has 9 atom stereocenters. The van der Waals surface area contributed by atoms with Crippen LogP contribution in [0.2, 0.25) is 0 Å². The molecule has 4 rings (SSSR count). The van der Waals surface area contributed by atoms with E-state index in [-0.39, 0.29) is 17.6 Å². The Morgan fingerprint density at radius 3 is 2.14 bits per heavy atom. The van der Waals surface area contributed by atoms with Crippen LogP contribution in [0.15, 0.2) is 23.3 Å². The molecule has 0 saturated heterocycles. The standard InChI is InChI=1S/C34H52O10/c1-7-8-9-10-11-12-13-14-15-16-25(37)42-30-21(3)33(40)24-17-20(2)29(38)32(24,39)18-23(19-35)27(44-41)26(33)28-31(5,6)34(28,30)43-22(4)36/h17-18,21,24,26-28,30,35,39-41H,7-16,19H2,1-6H3/t21-,24-,26+,27+,28-,30-,32-,33+,34-/m1/s1. The fourth-order valence-corrected chi connectivity index (χ4v) is 9.02. The highest BCUT2D eigenvalue weighted by molar-refractivity contribution is 6.06. The summed E-state index contributed by atoms with van der Waals surface area (Å²) in [6.45, 7) is 9.63. The van der Waals surface area contributed by atoms with Crippen LogP contribution in [0.3, 0.4) is 0 Å². The van der Waals surface area contributed by atoms with Crippen molar-refractivity contribution in [3.05, 3.63) is 23.3 Å². The van der Waals surface area contributed by atoms with Gasteiger partial charge in [-0.25, -0.2) is 4.89 Å². The molecule has 0 aromatic carbocycles. The molecule has 0 spiro atoms. The molecule has 2 saturated carbocycles. The summed E-state index contributed by atoms with van der Waals surface area (Å²) in [7, 11) is 0. The molecular formula is C34H52O10. The van der Waals surface area contributed by atoms with E-state index in [1.54, 1.807) is 13.8 Å². The summed E-state index contributed by atoms with van der Waals surface area (Å²) in [6, 6.07) is 0. The average molecular weight is 621 g/mol. The zero-order chi connectivity index (χ0) is 32.7. The minimum Gasteiger partial charge on any atom is -0.458 e. The summed E-state index contributed by atoms with van der Waals surface area (Å²) in [5.41, 5.74) is -6.24. The van der Waals surface area contributed by atoms with Crippen molar-refractivity contribution in [3.63, 3.8) is 0 Å². The number of aliphatic hydroxyl groups is 3. The maximum atomic E-state index is 13.3. The van der Waals surface area contributed by atoms with Gasteiger partial charge in [-0.2, -0.15) is 0 Å². The normalized spacial score (nSPS) is 38.5. The third-order valence-corrected chi connectivity index (χ3v) is 11.2. The van der Waals surface area contributed by atoms with Crippen LogP contribution in [-0.2, 0) is 28.7 Å². The van der Waals surface area contributed by atoms with Crippen LogP contribution >= 0.6 is 0 Å². The number of fused-ring (bicyclic) bond motifs is 5. The van der Waals surface area contributed by atoms with Gasteiger partial charge >= 0.3 is 11.9 Å². The Morgan fingerprint density at radius 1 is 1.00 bits per heavy atom. The number of esters is 2. The maximum absolute atomic E-state index is 13.3. The van der Waals surface area contributed by atoms with Gasteiger partial charge in [-0.3, -0.25) is 19.6 Å². The van der Waals surface area contributed by atoms with E-state index < -0.39 is 82.4 Å². The molecule has 4 aliphatic carbocycles. The van der Waals surface area contributed by atoms with Crippen molar-refractivity contribution < 1.29 is 49.3 Å². The summed E-state index contributed by atoms with van der Waals surface area (Å²) in [6.07, 6.45) is 10.2. The van der Waals surface area contributed by atoms with Crippen LogP contribution in [0.5, 0.6) is 0 Å². The molecule has 4 aliphatic rings. The molecular weight excluding hydrogens is 568 g/mol. The highest BCUT2D eigenvalue weighted by Crippen LogP contribution is 2.77. The zero-order valence-corrected chi connectivity index (χ0v) is 27.1. The molecule has 0 radical (unpaired) electrons. The van der Waals surface area contributed by atoms with Gasteiger partial charge in [0, 0.05) is 42.4 Å². The monoisotopic (exact) mass is 620 g/mol. The Hall–Kier alpha value is -2.11. The largest absolute Gasteiger partial charge is 0.458 e. The molecule has 2 fully saturated rings. The van der Waals surface area contributed by atoms with E-state index in [1.807, 2.05) is 13.8 Å². The zero-order valence-electron chi connectivity index (χ0n) is 27.1. The van der Waals surface area contributed by atoms with Crippen molar-refractivity contribution in [2.75, 3.05) is 6.61 Å². The average Bonchev–Trinajstić information content (AvgIpc) is 3.37. The lowest BCUT2D eigenvalue weighted by Crippen LogP contribution is -2.68. The molecule has 4 N–H and O–H groups in total. The van der Waals surface area contributed by atoms with Crippen LogP contribution in [0.1, 0.15) is 106 Å². The molecule has 10 heteroatoms. The third kappa shape index (κ3) is 5.38. The number of aliphatic hydroxyl groups excluding tert-OH is 1. The van der Waals surface area contributed by atoms with Gasteiger partial charge in [0.05, 0.1) is 12.2 Å². The Kier molecular flexibility index (Phi) is 10.2.